The number of nitrogens with zero attached hydrogens (tertiary/aromatic N) is 4. The molecule has 0 unspecified atom stereocenters. The molecule has 31 heavy (non-hydrogen) atoms. The molecular weight excluding hydrogens is 414 g/mol. The molecule has 0 bridgehead atoms. The van der Waals surface area contributed by atoms with Crippen LogP contribution in [-0.2, 0) is 16.6 Å². The van der Waals surface area contributed by atoms with Crippen molar-refractivity contribution in [1.29, 1.82) is 0 Å². The Labute approximate surface area is 182 Å². The van der Waals surface area contributed by atoms with Crippen molar-refractivity contribution in [2.75, 3.05) is 13.1 Å². The van der Waals surface area contributed by atoms with E-state index in [1.807, 2.05) is 25.1 Å². The Bertz CT molecular complexity index is 1170. The van der Waals surface area contributed by atoms with Crippen molar-refractivity contribution in [3.8, 4) is 5.82 Å². The second-order valence-electron chi connectivity index (χ2n) is 7.54. The Morgan fingerprint density at radius 3 is 2.65 bits per heavy atom. The zero-order chi connectivity index (χ0) is 21.8. The van der Waals surface area contributed by atoms with Crippen molar-refractivity contribution in [2.24, 2.45) is 0 Å². The zero-order valence-electron chi connectivity index (χ0n) is 17.4. The van der Waals surface area contributed by atoms with Crippen molar-refractivity contribution in [3.63, 3.8) is 0 Å². The minimum atomic E-state index is -3.51. The van der Waals surface area contributed by atoms with E-state index in [1.54, 1.807) is 39.4 Å². The summed E-state index contributed by atoms with van der Waals surface area (Å²) < 4.78 is 29.0. The molecule has 3 heterocycles. The van der Waals surface area contributed by atoms with E-state index >= 15 is 0 Å². The summed E-state index contributed by atoms with van der Waals surface area (Å²) in [5.41, 5.74) is 1.85. The van der Waals surface area contributed by atoms with Crippen LogP contribution >= 0.6 is 0 Å². The fraction of sp³-hybridized carbons (Fsp3) is 0.318. The molecule has 1 aliphatic heterocycles. The third-order valence-electron chi connectivity index (χ3n) is 5.43. The summed E-state index contributed by atoms with van der Waals surface area (Å²) >= 11 is 0. The van der Waals surface area contributed by atoms with Gasteiger partial charge in [-0.15, -0.1) is 0 Å². The van der Waals surface area contributed by atoms with Gasteiger partial charge in [0.05, 0.1) is 22.3 Å². The summed E-state index contributed by atoms with van der Waals surface area (Å²) in [5.74, 6) is 0.360. The molecule has 1 fully saturated rings. The van der Waals surface area contributed by atoms with Crippen LogP contribution in [0.4, 0.5) is 0 Å². The maximum Gasteiger partial charge on any atom is 0.255 e. The van der Waals surface area contributed by atoms with Gasteiger partial charge >= 0.3 is 0 Å². The molecule has 0 spiro atoms. The maximum atomic E-state index is 12.9. The smallest absolute Gasteiger partial charge is 0.255 e. The predicted octanol–water partition coefficient (Wildman–Crippen LogP) is 2.68. The fourth-order valence-electron chi connectivity index (χ4n) is 3.69. The van der Waals surface area contributed by atoms with Gasteiger partial charge in [-0.05, 0) is 49.6 Å². The van der Waals surface area contributed by atoms with Gasteiger partial charge in [0, 0.05) is 25.8 Å². The number of pyridine rings is 1. The van der Waals surface area contributed by atoms with Crippen LogP contribution in [0.5, 0.6) is 0 Å². The summed E-state index contributed by atoms with van der Waals surface area (Å²) in [6, 6.07) is 12.2. The number of carbonyl (C=O) groups excluding carboxylic acids is 1. The van der Waals surface area contributed by atoms with Crippen molar-refractivity contribution in [1.82, 2.24) is 24.4 Å². The van der Waals surface area contributed by atoms with Gasteiger partial charge in [-0.2, -0.15) is 9.40 Å². The third kappa shape index (κ3) is 4.52. The summed E-state index contributed by atoms with van der Waals surface area (Å²) in [6.45, 7) is 3.14. The fourth-order valence-corrected chi connectivity index (χ4v) is 5.28. The lowest BCUT2D eigenvalue weighted by Gasteiger charge is -2.26. The molecule has 1 aliphatic rings. The minimum absolute atomic E-state index is 0.219. The monoisotopic (exact) mass is 439 g/mol. The first-order valence-corrected chi connectivity index (χ1v) is 11.7. The van der Waals surface area contributed by atoms with Gasteiger partial charge in [-0.25, -0.2) is 18.1 Å². The van der Waals surface area contributed by atoms with Gasteiger partial charge in [-0.1, -0.05) is 24.6 Å². The SMILES string of the molecule is Cc1c(C(=O)NCc2cccc(S(=O)(=O)N3CCCCC3)c2)cnn1-c1ccccn1. The van der Waals surface area contributed by atoms with Crippen LogP contribution in [0.15, 0.2) is 59.8 Å². The van der Waals surface area contributed by atoms with E-state index < -0.39 is 10.0 Å². The molecule has 8 nitrogen and oxygen atoms in total. The average Bonchev–Trinajstić information content (AvgIpc) is 3.20. The van der Waals surface area contributed by atoms with Gasteiger partial charge in [0.25, 0.3) is 5.91 Å². The number of sulfonamides is 1. The van der Waals surface area contributed by atoms with Crippen molar-refractivity contribution < 1.29 is 13.2 Å². The highest BCUT2D eigenvalue weighted by Gasteiger charge is 2.26. The van der Waals surface area contributed by atoms with Crippen LogP contribution in [0, 0.1) is 6.92 Å². The number of aromatic nitrogens is 3. The van der Waals surface area contributed by atoms with Crippen LogP contribution in [0.2, 0.25) is 0 Å². The normalized spacial score (nSPS) is 15.0. The molecule has 162 valence electrons. The van der Waals surface area contributed by atoms with E-state index in [0.717, 1.165) is 24.8 Å². The van der Waals surface area contributed by atoms with Crippen molar-refractivity contribution >= 4 is 15.9 Å². The van der Waals surface area contributed by atoms with E-state index in [2.05, 4.69) is 15.4 Å². The van der Waals surface area contributed by atoms with Crippen molar-refractivity contribution in [3.05, 3.63) is 71.7 Å². The Morgan fingerprint density at radius 1 is 1.10 bits per heavy atom. The molecule has 0 radical (unpaired) electrons. The molecule has 1 saturated heterocycles. The lowest BCUT2D eigenvalue weighted by Crippen LogP contribution is -2.35. The highest BCUT2D eigenvalue weighted by Crippen LogP contribution is 2.21. The van der Waals surface area contributed by atoms with E-state index in [-0.39, 0.29) is 17.3 Å². The highest BCUT2D eigenvalue weighted by atomic mass is 32.2. The number of piperidine rings is 1. The summed E-state index contributed by atoms with van der Waals surface area (Å²) in [5, 5.41) is 7.13. The molecule has 0 atom stereocenters. The van der Waals surface area contributed by atoms with Crippen LogP contribution < -0.4 is 5.32 Å². The number of rotatable bonds is 6. The summed E-state index contributed by atoms with van der Waals surface area (Å²) in [4.78, 5) is 17.2. The standard InChI is InChI=1S/C22H25N5O3S/c1-17-20(16-25-27(17)21-10-3-4-11-23-21)22(28)24-15-18-8-7-9-19(14-18)31(29,30)26-12-5-2-6-13-26/h3-4,7-11,14,16H,2,5-6,12-13,15H2,1H3,(H,24,28). The van der Waals surface area contributed by atoms with Gasteiger partial charge in [0.1, 0.15) is 0 Å². The molecular formula is C22H25N5O3S. The van der Waals surface area contributed by atoms with E-state index in [9.17, 15) is 13.2 Å². The van der Waals surface area contributed by atoms with Gasteiger partial charge in [0.2, 0.25) is 10.0 Å². The third-order valence-corrected chi connectivity index (χ3v) is 7.32. The van der Waals surface area contributed by atoms with Gasteiger partial charge in [0.15, 0.2) is 5.82 Å². The molecule has 1 aromatic carbocycles. The molecule has 0 aliphatic carbocycles. The summed E-state index contributed by atoms with van der Waals surface area (Å²) in [7, 11) is -3.51. The Hall–Kier alpha value is -3.04. The quantitative estimate of drug-likeness (QED) is 0.637. The highest BCUT2D eigenvalue weighted by molar-refractivity contribution is 7.89. The number of benzene rings is 1. The topological polar surface area (TPSA) is 97.2 Å². The first-order chi connectivity index (χ1) is 15.0. The van der Waals surface area contributed by atoms with Crippen LogP contribution in [0.1, 0.15) is 40.9 Å². The van der Waals surface area contributed by atoms with Crippen LogP contribution in [-0.4, -0.2) is 46.5 Å². The number of nitrogens with one attached hydrogen (secondary N) is 1. The zero-order valence-corrected chi connectivity index (χ0v) is 18.2. The largest absolute Gasteiger partial charge is 0.348 e. The Kier molecular flexibility index (Phi) is 6.15. The van der Waals surface area contributed by atoms with Gasteiger partial charge in [-0.3, -0.25) is 4.79 Å². The Morgan fingerprint density at radius 2 is 1.90 bits per heavy atom. The van der Waals surface area contributed by atoms with Crippen LogP contribution in [0.3, 0.4) is 0 Å². The number of hydrogen-bond acceptors (Lipinski definition) is 5. The second-order valence-corrected chi connectivity index (χ2v) is 9.48. The molecule has 1 amide bonds. The number of carbonyl (C=O) groups is 1. The molecule has 2 aromatic heterocycles. The predicted molar refractivity (Wildman–Crippen MR) is 116 cm³/mol. The van der Waals surface area contributed by atoms with E-state index in [0.29, 0.717) is 30.2 Å². The molecule has 1 N–H and O–H groups in total. The average molecular weight is 440 g/mol. The first kappa shape index (κ1) is 21.2. The lowest BCUT2D eigenvalue weighted by molar-refractivity contribution is 0.0950. The maximum absolute atomic E-state index is 12.9. The van der Waals surface area contributed by atoms with Crippen LogP contribution in [0.25, 0.3) is 5.82 Å². The lowest BCUT2D eigenvalue weighted by atomic mass is 10.2. The first-order valence-electron chi connectivity index (χ1n) is 10.3. The second kappa shape index (κ2) is 8.99. The number of amides is 1. The number of hydrogen-bond donors (Lipinski definition) is 1. The summed E-state index contributed by atoms with van der Waals surface area (Å²) in [6.07, 6.45) is 6.02. The van der Waals surface area contributed by atoms with Crippen molar-refractivity contribution in [2.45, 2.75) is 37.6 Å². The molecule has 0 saturated carbocycles. The molecule has 3 aromatic rings. The minimum Gasteiger partial charge on any atom is -0.348 e. The molecule has 4 rings (SSSR count). The molecule has 9 heteroatoms. The Balaban J connectivity index is 1.46. The van der Waals surface area contributed by atoms with E-state index in [4.69, 9.17) is 0 Å². The van der Waals surface area contributed by atoms with E-state index in [1.165, 1.54) is 6.20 Å². The van der Waals surface area contributed by atoms with Gasteiger partial charge < -0.3 is 5.32 Å².